The molecule has 0 spiro atoms. The first-order valence-corrected chi connectivity index (χ1v) is 10.8. The molecule has 1 unspecified atom stereocenters. The van der Waals surface area contributed by atoms with Gasteiger partial charge in [-0.3, -0.25) is 9.00 Å². The third-order valence-electron chi connectivity index (χ3n) is 3.70. The molecule has 3 rings (SSSR count). The fourth-order valence-corrected chi connectivity index (χ4v) is 4.58. The summed E-state index contributed by atoms with van der Waals surface area (Å²) in [6.07, 6.45) is 0.791. The van der Waals surface area contributed by atoms with E-state index >= 15 is 0 Å². The molecule has 0 saturated heterocycles. The smallest absolute Gasteiger partial charge is 0.287 e. The number of carbonyl (C=O) groups excluding carboxylic acids is 1. The molecule has 0 aliphatic carbocycles. The molecule has 1 aromatic carbocycles. The van der Waals surface area contributed by atoms with E-state index in [4.69, 9.17) is 16.0 Å². The van der Waals surface area contributed by atoms with Gasteiger partial charge in [-0.2, -0.15) is 0 Å². The standard InChI is InChI=1S/C19H18ClNO3S2/c20-17-6-2-1-4-14(17)12-26(23)13-15-7-8-18(24-15)19(22)21-10-9-16-5-3-11-25-16/h1-8,11H,9-10,12-13H2,(H,21,22). The number of rotatable bonds is 8. The van der Waals surface area contributed by atoms with Crippen molar-refractivity contribution in [2.45, 2.75) is 17.9 Å². The van der Waals surface area contributed by atoms with Crippen LogP contribution in [0, 0.1) is 0 Å². The van der Waals surface area contributed by atoms with E-state index in [1.165, 1.54) is 4.88 Å². The van der Waals surface area contributed by atoms with Crippen molar-refractivity contribution < 1.29 is 13.4 Å². The summed E-state index contributed by atoms with van der Waals surface area (Å²) in [5.74, 6) is 1.10. The minimum Gasteiger partial charge on any atom is -0.455 e. The molecular formula is C19H18ClNO3S2. The summed E-state index contributed by atoms with van der Waals surface area (Å²) in [4.78, 5) is 13.3. The minimum absolute atomic E-state index is 0.237. The van der Waals surface area contributed by atoms with Gasteiger partial charge in [-0.1, -0.05) is 35.9 Å². The topological polar surface area (TPSA) is 59.3 Å². The van der Waals surface area contributed by atoms with E-state index < -0.39 is 10.8 Å². The molecule has 0 aliphatic rings. The number of furan rings is 1. The van der Waals surface area contributed by atoms with Crippen LogP contribution in [0.25, 0.3) is 0 Å². The summed E-state index contributed by atoms with van der Waals surface area (Å²) in [5.41, 5.74) is 0.839. The molecule has 3 aromatic rings. The normalized spacial score (nSPS) is 12.0. The maximum absolute atomic E-state index is 12.3. The summed E-state index contributed by atoms with van der Waals surface area (Å²) in [5, 5.41) is 5.45. The van der Waals surface area contributed by atoms with Crippen LogP contribution in [0.2, 0.25) is 5.02 Å². The maximum Gasteiger partial charge on any atom is 0.287 e. The Hall–Kier alpha value is -1.89. The van der Waals surface area contributed by atoms with Crippen LogP contribution in [0.3, 0.4) is 0 Å². The van der Waals surface area contributed by atoms with Crippen molar-refractivity contribution in [2.24, 2.45) is 0 Å². The van der Waals surface area contributed by atoms with E-state index in [0.717, 1.165) is 12.0 Å². The molecule has 1 atom stereocenters. The van der Waals surface area contributed by atoms with Gasteiger partial charge in [-0.05, 0) is 41.6 Å². The first-order chi connectivity index (χ1) is 12.6. The van der Waals surface area contributed by atoms with E-state index in [0.29, 0.717) is 23.1 Å². The van der Waals surface area contributed by atoms with Crippen molar-refractivity contribution in [1.29, 1.82) is 0 Å². The van der Waals surface area contributed by atoms with Gasteiger partial charge in [0.1, 0.15) is 5.76 Å². The predicted octanol–water partition coefficient (Wildman–Crippen LogP) is 4.42. The van der Waals surface area contributed by atoms with Gasteiger partial charge in [-0.25, -0.2) is 0 Å². The molecule has 2 aromatic heterocycles. The molecule has 0 bridgehead atoms. The lowest BCUT2D eigenvalue weighted by Crippen LogP contribution is -2.25. The Balaban J connectivity index is 1.49. The highest BCUT2D eigenvalue weighted by Crippen LogP contribution is 2.19. The Kier molecular flexibility index (Phi) is 6.66. The van der Waals surface area contributed by atoms with Gasteiger partial charge in [0.25, 0.3) is 5.91 Å². The molecule has 1 N–H and O–H groups in total. The molecule has 26 heavy (non-hydrogen) atoms. The Labute approximate surface area is 163 Å². The number of carbonyl (C=O) groups is 1. The van der Waals surface area contributed by atoms with E-state index in [9.17, 15) is 9.00 Å². The Morgan fingerprint density at radius 3 is 2.73 bits per heavy atom. The largest absolute Gasteiger partial charge is 0.455 e. The van der Waals surface area contributed by atoms with E-state index in [1.54, 1.807) is 29.5 Å². The lowest BCUT2D eigenvalue weighted by molar-refractivity contribution is 0.0925. The van der Waals surface area contributed by atoms with Crippen molar-refractivity contribution in [2.75, 3.05) is 6.54 Å². The third-order valence-corrected chi connectivity index (χ3v) is 6.24. The number of amides is 1. The SMILES string of the molecule is O=C(NCCc1cccs1)c1ccc(CS(=O)Cc2ccccc2Cl)o1. The number of hydrogen-bond acceptors (Lipinski definition) is 4. The minimum atomic E-state index is -1.17. The summed E-state index contributed by atoms with van der Waals surface area (Å²) < 4.78 is 17.8. The fourth-order valence-electron chi connectivity index (χ4n) is 2.42. The van der Waals surface area contributed by atoms with Crippen LogP contribution in [-0.2, 0) is 28.7 Å². The van der Waals surface area contributed by atoms with Gasteiger partial charge in [0.15, 0.2) is 5.76 Å². The van der Waals surface area contributed by atoms with Crippen LogP contribution in [0.15, 0.2) is 58.3 Å². The molecular weight excluding hydrogens is 390 g/mol. The van der Waals surface area contributed by atoms with Crippen LogP contribution in [-0.4, -0.2) is 16.7 Å². The van der Waals surface area contributed by atoms with Gasteiger partial charge in [0.2, 0.25) is 0 Å². The number of halogens is 1. The number of thiophene rings is 1. The van der Waals surface area contributed by atoms with E-state index in [-0.39, 0.29) is 17.4 Å². The Bertz CT molecular complexity index is 890. The molecule has 0 saturated carbocycles. The van der Waals surface area contributed by atoms with Crippen molar-refractivity contribution in [3.8, 4) is 0 Å². The molecule has 0 fully saturated rings. The molecule has 2 heterocycles. The van der Waals surface area contributed by atoms with Crippen molar-refractivity contribution in [1.82, 2.24) is 5.32 Å². The van der Waals surface area contributed by atoms with Crippen LogP contribution in [0.4, 0.5) is 0 Å². The van der Waals surface area contributed by atoms with Crippen LogP contribution in [0.1, 0.15) is 26.8 Å². The Morgan fingerprint density at radius 1 is 1.12 bits per heavy atom. The molecule has 0 aliphatic heterocycles. The monoisotopic (exact) mass is 407 g/mol. The molecule has 7 heteroatoms. The average molecular weight is 408 g/mol. The average Bonchev–Trinajstić information content (AvgIpc) is 3.29. The van der Waals surface area contributed by atoms with Gasteiger partial charge in [0.05, 0.1) is 11.5 Å². The Morgan fingerprint density at radius 2 is 1.96 bits per heavy atom. The number of nitrogens with one attached hydrogen (secondary N) is 1. The second-order valence-corrected chi connectivity index (χ2v) is 8.57. The first kappa shape index (κ1) is 18.9. The zero-order valence-electron chi connectivity index (χ0n) is 13.9. The quantitative estimate of drug-likeness (QED) is 0.601. The highest BCUT2D eigenvalue weighted by atomic mass is 35.5. The maximum atomic E-state index is 12.3. The van der Waals surface area contributed by atoms with E-state index in [2.05, 4.69) is 5.32 Å². The highest BCUT2D eigenvalue weighted by molar-refractivity contribution is 7.83. The number of benzene rings is 1. The fraction of sp³-hybridized carbons (Fsp3) is 0.211. The predicted molar refractivity (Wildman–Crippen MR) is 106 cm³/mol. The van der Waals surface area contributed by atoms with E-state index in [1.807, 2.05) is 35.7 Å². The lowest BCUT2D eigenvalue weighted by atomic mass is 10.2. The summed E-state index contributed by atoms with van der Waals surface area (Å²) in [6, 6.07) is 14.7. The lowest BCUT2D eigenvalue weighted by Gasteiger charge is -2.04. The highest BCUT2D eigenvalue weighted by Gasteiger charge is 2.13. The van der Waals surface area contributed by atoms with Crippen molar-refractivity contribution in [3.05, 3.63) is 80.9 Å². The summed E-state index contributed by atoms with van der Waals surface area (Å²) >= 11 is 7.76. The van der Waals surface area contributed by atoms with Gasteiger partial charge < -0.3 is 9.73 Å². The summed E-state index contributed by atoms with van der Waals surface area (Å²) in [7, 11) is -1.17. The van der Waals surface area contributed by atoms with Gasteiger partial charge in [-0.15, -0.1) is 11.3 Å². The summed E-state index contributed by atoms with van der Waals surface area (Å²) in [6.45, 7) is 0.549. The van der Waals surface area contributed by atoms with Crippen LogP contribution < -0.4 is 5.32 Å². The second kappa shape index (κ2) is 9.16. The van der Waals surface area contributed by atoms with Crippen molar-refractivity contribution in [3.63, 3.8) is 0 Å². The zero-order valence-corrected chi connectivity index (χ0v) is 16.3. The first-order valence-electron chi connectivity index (χ1n) is 8.09. The van der Waals surface area contributed by atoms with Crippen LogP contribution >= 0.6 is 22.9 Å². The zero-order chi connectivity index (χ0) is 18.4. The molecule has 4 nitrogen and oxygen atoms in total. The second-order valence-electron chi connectivity index (χ2n) is 5.67. The third kappa shape index (κ3) is 5.30. The van der Waals surface area contributed by atoms with Crippen LogP contribution in [0.5, 0.6) is 0 Å². The molecule has 136 valence electrons. The molecule has 0 radical (unpaired) electrons. The van der Waals surface area contributed by atoms with Crippen molar-refractivity contribution >= 4 is 39.6 Å². The van der Waals surface area contributed by atoms with Gasteiger partial charge >= 0.3 is 0 Å². The van der Waals surface area contributed by atoms with Gasteiger partial charge in [0, 0.05) is 27.2 Å². The molecule has 1 amide bonds. The number of hydrogen-bond donors (Lipinski definition) is 1.